The van der Waals surface area contributed by atoms with E-state index in [1.165, 1.54) is 40.8 Å². The number of hydrogen-bond donors (Lipinski definition) is 1. The van der Waals surface area contributed by atoms with Crippen LogP contribution in [-0.4, -0.2) is 38.5 Å². The third-order valence-electron chi connectivity index (χ3n) is 5.54. The van der Waals surface area contributed by atoms with Gasteiger partial charge in [-0.1, -0.05) is 11.8 Å². The summed E-state index contributed by atoms with van der Waals surface area (Å²) in [7, 11) is 0. The predicted octanol–water partition coefficient (Wildman–Crippen LogP) is 4.41. The SMILES string of the molecule is CCOC(=O)c1c(NC(=O)C(C)Sc2nnc(C3CC3)n2CC)sc2c1CCCC2. The van der Waals surface area contributed by atoms with Gasteiger partial charge in [-0.3, -0.25) is 4.79 Å². The molecule has 0 bridgehead atoms. The van der Waals surface area contributed by atoms with Crippen molar-refractivity contribution in [1.29, 1.82) is 0 Å². The van der Waals surface area contributed by atoms with E-state index in [-0.39, 0.29) is 17.1 Å². The van der Waals surface area contributed by atoms with Gasteiger partial charge in [0.05, 0.1) is 17.4 Å². The van der Waals surface area contributed by atoms with Crippen LogP contribution in [0.4, 0.5) is 5.00 Å². The highest BCUT2D eigenvalue weighted by atomic mass is 32.2. The fourth-order valence-electron chi connectivity index (χ4n) is 3.83. The summed E-state index contributed by atoms with van der Waals surface area (Å²) in [6.07, 6.45) is 6.33. The summed E-state index contributed by atoms with van der Waals surface area (Å²) in [6.45, 7) is 6.85. The van der Waals surface area contributed by atoms with Crippen LogP contribution in [0.15, 0.2) is 5.16 Å². The first-order valence-electron chi connectivity index (χ1n) is 10.8. The molecule has 0 spiro atoms. The Morgan fingerprint density at radius 3 is 2.73 bits per heavy atom. The third-order valence-corrected chi connectivity index (χ3v) is 7.83. The van der Waals surface area contributed by atoms with Gasteiger partial charge >= 0.3 is 5.97 Å². The molecule has 1 amide bonds. The number of carbonyl (C=O) groups excluding carboxylic acids is 2. The van der Waals surface area contributed by atoms with Crippen molar-refractivity contribution in [1.82, 2.24) is 14.8 Å². The zero-order valence-corrected chi connectivity index (χ0v) is 19.3. The Labute approximate surface area is 185 Å². The normalized spacial score (nSPS) is 16.8. The van der Waals surface area contributed by atoms with Gasteiger partial charge in [0.1, 0.15) is 10.8 Å². The summed E-state index contributed by atoms with van der Waals surface area (Å²) >= 11 is 2.93. The first-order chi connectivity index (χ1) is 14.5. The van der Waals surface area contributed by atoms with Gasteiger partial charge in [0, 0.05) is 17.3 Å². The van der Waals surface area contributed by atoms with Crippen LogP contribution < -0.4 is 5.32 Å². The van der Waals surface area contributed by atoms with Gasteiger partial charge in [0.25, 0.3) is 0 Å². The van der Waals surface area contributed by atoms with E-state index in [0.29, 0.717) is 23.1 Å². The first kappa shape index (κ1) is 21.4. The van der Waals surface area contributed by atoms with Crippen LogP contribution in [0.2, 0.25) is 0 Å². The van der Waals surface area contributed by atoms with E-state index in [2.05, 4.69) is 27.0 Å². The molecule has 0 aromatic carbocycles. The molecule has 1 N–H and O–H groups in total. The number of aryl methyl sites for hydroxylation is 1. The zero-order valence-electron chi connectivity index (χ0n) is 17.7. The standard InChI is InChI=1S/C21H28N4O3S2/c1-4-25-17(13-10-11-13)23-24-21(25)29-12(3)18(26)22-19-16(20(27)28-5-2)14-8-6-7-9-15(14)30-19/h12-13H,4-11H2,1-3H3,(H,22,26). The van der Waals surface area contributed by atoms with Crippen molar-refractivity contribution >= 4 is 40.0 Å². The Morgan fingerprint density at radius 2 is 2.03 bits per heavy atom. The number of ether oxygens (including phenoxy) is 1. The summed E-state index contributed by atoms with van der Waals surface area (Å²) in [5.74, 6) is 1.07. The van der Waals surface area contributed by atoms with Gasteiger partial charge in [-0.25, -0.2) is 4.79 Å². The molecule has 2 aromatic rings. The molecule has 2 aliphatic carbocycles. The number of hydrogen-bond acceptors (Lipinski definition) is 7. The smallest absolute Gasteiger partial charge is 0.341 e. The molecule has 1 saturated carbocycles. The van der Waals surface area contributed by atoms with Crippen molar-refractivity contribution in [3.05, 3.63) is 21.8 Å². The van der Waals surface area contributed by atoms with Crippen molar-refractivity contribution in [3.8, 4) is 0 Å². The summed E-state index contributed by atoms with van der Waals surface area (Å²) < 4.78 is 7.39. The fourth-order valence-corrected chi connectivity index (χ4v) is 6.03. The van der Waals surface area contributed by atoms with Crippen molar-refractivity contribution in [2.75, 3.05) is 11.9 Å². The molecule has 1 unspecified atom stereocenters. The highest BCUT2D eigenvalue weighted by molar-refractivity contribution is 8.00. The number of esters is 1. The largest absolute Gasteiger partial charge is 0.462 e. The molecule has 2 aromatic heterocycles. The molecular weight excluding hydrogens is 420 g/mol. The van der Waals surface area contributed by atoms with E-state index in [9.17, 15) is 9.59 Å². The molecule has 9 heteroatoms. The Kier molecular flexibility index (Phi) is 6.48. The first-order valence-corrected chi connectivity index (χ1v) is 12.4. The molecule has 2 aliphatic rings. The van der Waals surface area contributed by atoms with Gasteiger partial charge in [-0.2, -0.15) is 0 Å². The number of carbonyl (C=O) groups is 2. The number of thioether (sulfide) groups is 1. The summed E-state index contributed by atoms with van der Waals surface area (Å²) in [5.41, 5.74) is 1.61. The lowest BCUT2D eigenvalue weighted by molar-refractivity contribution is -0.115. The maximum atomic E-state index is 13.0. The Hall–Kier alpha value is -1.87. The van der Waals surface area contributed by atoms with Gasteiger partial charge in [0.2, 0.25) is 5.91 Å². The van der Waals surface area contributed by atoms with Gasteiger partial charge in [0.15, 0.2) is 5.16 Å². The van der Waals surface area contributed by atoms with Crippen molar-refractivity contribution in [3.63, 3.8) is 0 Å². The second kappa shape index (κ2) is 9.09. The second-order valence-electron chi connectivity index (χ2n) is 7.74. The quantitative estimate of drug-likeness (QED) is 0.475. The van der Waals surface area contributed by atoms with E-state index in [0.717, 1.165) is 48.8 Å². The number of rotatable bonds is 8. The van der Waals surface area contributed by atoms with Crippen LogP contribution in [0.1, 0.15) is 79.0 Å². The van der Waals surface area contributed by atoms with Crippen molar-refractivity contribution in [2.24, 2.45) is 0 Å². The summed E-state index contributed by atoms with van der Waals surface area (Å²) in [6, 6.07) is 0. The zero-order chi connectivity index (χ0) is 21.3. The van der Waals surface area contributed by atoms with Crippen LogP contribution >= 0.6 is 23.1 Å². The van der Waals surface area contributed by atoms with E-state index >= 15 is 0 Å². The maximum absolute atomic E-state index is 13.0. The molecule has 0 radical (unpaired) electrons. The predicted molar refractivity (Wildman–Crippen MR) is 119 cm³/mol. The number of nitrogens with zero attached hydrogens (tertiary/aromatic N) is 3. The lowest BCUT2D eigenvalue weighted by Crippen LogP contribution is -2.24. The molecule has 7 nitrogen and oxygen atoms in total. The number of anilines is 1. The van der Waals surface area contributed by atoms with Crippen LogP contribution in [0.25, 0.3) is 0 Å². The monoisotopic (exact) mass is 448 g/mol. The minimum absolute atomic E-state index is 0.136. The minimum Gasteiger partial charge on any atom is -0.462 e. The summed E-state index contributed by atoms with van der Waals surface area (Å²) in [4.78, 5) is 26.8. The Morgan fingerprint density at radius 1 is 1.27 bits per heavy atom. The van der Waals surface area contributed by atoms with E-state index in [1.807, 2.05) is 6.92 Å². The lowest BCUT2D eigenvalue weighted by atomic mass is 9.95. The molecule has 1 fully saturated rings. The molecule has 30 heavy (non-hydrogen) atoms. The Balaban J connectivity index is 1.51. The van der Waals surface area contributed by atoms with Gasteiger partial charge < -0.3 is 14.6 Å². The number of fused-ring (bicyclic) bond motifs is 1. The van der Waals surface area contributed by atoms with Gasteiger partial charge in [-0.15, -0.1) is 21.5 Å². The molecule has 1 atom stereocenters. The highest BCUT2D eigenvalue weighted by Crippen LogP contribution is 2.41. The fraction of sp³-hybridized carbons (Fsp3) is 0.619. The average Bonchev–Trinajstić information content (AvgIpc) is 3.39. The molecule has 2 heterocycles. The molecule has 162 valence electrons. The topological polar surface area (TPSA) is 86.1 Å². The van der Waals surface area contributed by atoms with E-state index in [1.54, 1.807) is 6.92 Å². The molecule has 4 rings (SSSR count). The van der Waals surface area contributed by atoms with E-state index in [4.69, 9.17) is 4.74 Å². The lowest BCUT2D eigenvalue weighted by Gasteiger charge is -2.14. The summed E-state index contributed by atoms with van der Waals surface area (Å²) in [5, 5.41) is 12.7. The average molecular weight is 449 g/mol. The highest BCUT2D eigenvalue weighted by Gasteiger charge is 2.32. The minimum atomic E-state index is -0.360. The number of nitrogens with one attached hydrogen (secondary N) is 1. The third kappa shape index (κ3) is 4.27. The van der Waals surface area contributed by atoms with Crippen molar-refractivity contribution < 1.29 is 14.3 Å². The number of amides is 1. The maximum Gasteiger partial charge on any atom is 0.341 e. The van der Waals surface area contributed by atoms with Crippen LogP contribution in [0.5, 0.6) is 0 Å². The van der Waals surface area contributed by atoms with E-state index < -0.39 is 0 Å². The molecule has 0 aliphatic heterocycles. The van der Waals surface area contributed by atoms with Crippen LogP contribution in [0, 0.1) is 0 Å². The molecule has 0 saturated heterocycles. The van der Waals surface area contributed by atoms with Gasteiger partial charge in [-0.05, 0) is 64.9 Å². The van der Waals surface area contributed by atoms with Crippen LogP contribution in [0.3, 0.4) is 0 Å². The van der Waals surface area contributed by atoms with Crippen LogP contribution in [-0.2, 0) is 28.9 Å². The Bertz CT molecular complexity index is 948. The van der Waals surface area contributed by atoms with Crippen molar-refractivity contribution in [2.45, 2.75) is 82.2 Å². The number of thiophene rings is 1. The number of aromatic nitrogens is 3. The molecular formula is C21H28N4O3S2. The second-order valence-corrected chi connectivity index (χ2v) is 10.2.